The number of aliphatic carboxylic acids is 1. The SMILES string of the molecule is Cn1c(=O)n(C)c2cc(NC(=O)[C@H]3CC=CC[C@H]3C(=O)O)ccc21. The Hall–Kier alpha value is -2.83. The van der Waals surface area contributed by atoms with E-state index in [9.17, 15) is 19.5 Å². The van der Waals surface area contributed by atoms with Gasteiger partial charge in [-0.2, -0.15) is 0 Å². The van der Waals surface area contributed by atoms with Crippen LogP contribution in [0.4, 0.5) is 5.69 Å². The first-order valence-electron chi connectivity index (χ1n) is 7.74. The Bertz CT molecular complexity index is 906. The predicted molar refractivity (Wildman–Crippen MR) is 89.8 cm³/mol. The summed E-state index contributed by atoms with van der Waals surface area (Å²) in [6.07, 6.45) is 4.41. The molecular weight excluding hydrogens is 310 g/mol. The summed E-state index contributed by atoms with van der Waals surface area (Å²) >= 11 is 0. The maximum Gasteiger partial charge on any atom is 0.328 e. The van der Waals surface area contributed by atoms with E-state index in [2.05, 4.69) is 5.32 Å². The van der Waals surface area contributed by atoms with Crippen LogP contribution in [-0.4, -0.2) is 26.1 Å². The highest BCUT2D eigenvalue weighted by atomic mass is 16.4. The van der Waals surface area contributed by atoms with E-state index in [4.69, 9.17) is 0 Å². The molecule has 0 radical (unpaired) electrons. The van der Waals surface area contributed by atoms with Crippen molar-refractivity contribution in [1.29, 1.82) is 0 Å². The molecule has 7 nitrogen and oxygen atoms in total. The van der Waals surface area contributed by atoms with Gasteiger partial charge in [-0.25, -0.2) is 4.79 Å². The molecule has 2 atom stereocenters. The summed E-state index contributed by atoms with van der Waals surface area (Å²) in [6, 6.07) is 5.21. The topological polar surface area (TPSA) is 93.3 Å². The average molecular weight is 329 g/mol. The molecule has 1 aliphatic carbocycles. The van der Waals surface area contributed by atoms with E-state index in [1.807, 2.05) is 6.08 Å². The van der Waals surface area contributed by atoms with Gasteiger partial charge in [0.1, 0.15) is 0 Å². The van der Waals surface area contributed by atoms with Gasteiger partial charge < -0.3 is 10.4 Å². The van der Waals surface area contributed by atoms with Crippen molar-refractivity contribution < 1.29 is 14.7 Å². The highest BCUT2D eigenvalue weighted by molar-refractivity contribution is 5.97. The van der Waals surface area contributed by atoms with Crippen molar-refractivity contribution in [2.24, 2.45) is 25.9 Å². The fourth-order valence-electron chi connectivity index (χ4n) is 3.20. The lowest BCUT2D eigenvalue weighted by Crippen LogP contribution is -2.34. The third-order valence-electron chi connectivity index (χ3n) is 4.63. The first-order valence-corrected chi connectivity index (χ1v) is 7.74. The number of carbonyl (C=O) groups excluding carboxylic acids is 1. The minimum atomic E-state index is -0.958. The number of imidazole rings is 1. The molecule has 0 unspecified atom stereocenters. The number of rotatable bonds is 3. The highest BCUT2D eigenvalue weighted by Gasteiger charge is 2.33. The second-order valence-electron chi connectivity index (χ2n) is 6.09. The Morgan fingerprint density at radius 2 is 1.71 bits per heavy atom. The number of carboxylic acids is 1. The lowest BCUT2D eigenvalue weighted by Gasteiger charge is -2.24. The number of hydrogen-bond donors (Lipinski definition) is 2. The molecule has 1 aliphatic rings. The van der Waals surface area contributed by atoms with Gasteiger partial charge in [-0.05, 0) is 31.0 Å². The van der Waals surface area contributed by atoms with Gasteiger partial charge in [-0.3, -0.25) is 18.7 Å². The van der Waals surface area contributed by atoms with Crippen molar-refractivity contribution in [2.75, 3.05) is 5.32 Å². The number of fused-ring (bicyclic) bond motifs is 1. The summed E-state index contributed by atoms with van der Waals surface area (Å²) in [7, 11) is 3.36. The minimum absolute atomic E-state index is 0.142. The molecule has 0 aliphatic heterocycles. The maximum absolute atomic E-state index is 12.5. The minimum Gasteiger partial charge on any atom is -0.481 e. The molecule has 0 saturated carbocycles. The van der Waals surface area contributed by atoms with E-state index < -0.39 is 17.8 Å². The first kappa shape index (κ1) is 16.0. The molecule has 126 valence electrons. The molecule has 1 aromatic heterocycles. The van der Waals surface area contributed by atoms with Gasteiger partial charge in [0.25, 0.3) is 0 Å². The zero-order valence-electron chi connectivity index (χ0n) is 13.5. The summed E-state index contributed by atoms with van der Waals surface area (Å²) in [4.78, 5) is 35.8. The van der Waals surface area contributed by atoms with Crippen LogP contribution in [0.15, 0.2) is 35.1 Å². The number of aryl methyl sites for hydroxylation is 2. The van der Waals surface area contributed by atoms with E-state index in [0.717, 1.165) is 5.52 Å². The van der Waals surface area contributed by atoms with E-state index in [0.29, 0.717) is 24.0 Å². The van der Waals surface area contributed by atoms with E-state index >= 15 is 0 Å². The molecule has 1 amide bonds. The van der Waals surface area contributed by atoms with Crippen molar-refractivity contribution in [3.05, 3.63) is 40.8 Å². The number of nitrogens with one attached hydrogen (secondary N) is 1. The fourth-order valence-corrected chi connectivity index (χ4v) is 3.20. The van der Waals surface area contributed by atoms with Crippen LogP contribution in [0.3, 0.4) is 0 Å². The summed E-state index contributed by atoms with van der Waals surface area (Å²) in [5, 5.41) is 12.1. The largest absolute Gasteiger partial charge is 0.481 e. The lowest BCUT2D eigenvalue weighted by molar-refractivity contribution is -0.146. The zero-order chi connectivity index (χ0) is 17.4. The number of nitrogens with zero attached hydrogens (tertiary/aromatic N) is 2. The molecule has 0 bridgehead atoms. The molecule has 0 spiro atoms. The summed E-state index contributed by atoms with van der Waals surface area (Å²) in [5.41, 5.74) is 1.88. The van der Waals surface area contributed by atoms with Crippen LogP contribution < -0.4 is 11.0 Å². The van der Waals surface area contributed by atoms with Gasteiger partial charge in [-0.1, -0.05) is 12.2 Å². The molecule has 1 heterocycles. The van der Waals surface area contributed by atoms with Gasteiger partial charge in [-0.15, -0.1) is 0 Å². The molecule has 1 aromatic carbocycles. The van der Waals surface area contributed by atoms with Crippen molar-refractivity contribution in [2.45, 2.75) is 12.8 Å². The molecule has 0 fully saturated rings. The molecule has 7 heteroatoms. The Labute approximate surface area is 138 Å². The van der Waals surface area contributed by atoms with Crippen LogP contribution >= 0.6 is 0 Å². The van der Waals surface area contributed by atoms with Gasteiger partial charge >= 0.3 is 11.7 Å². The maximum atomic E-state index is 12.5. The van der Waals surface area contributed by atoms with Gasteiger partial charge in [0.05, 0.1) is 22.9 Å². The average Bonchev–Trinajstić information content (AvgIpc) is 2.79. The van der Waals surface area contributed by atoms with Crippen molar-refractivity contribution in [1.82, 2.24) is 9.13 Å². The van der Waals surface area contributed by atoms with E-state index in [1.54, 1.807) is 38.4 Å². The number of hydrogen-bond acceptors (Lipinski definition) is 3. The van der Waals surface area contributed by atoms with E-state index in [-0.39, 0.29) is 11.6 Å². The van der Waals surface area contributed by atoms with Crippen LogP contribution in [0.25, 0.3) is 11.0 Å². The van der Waals surface area contributed by atoms with Crippen molar-refractivity contribution in [3.63, 3.8) is 0 Å². The number of carbonyl (C=O) groups is 2. The van der Waals surface area contributed by atoms with Crippen LogP contribution in [0.2, 0.25) is 0 Å². The van der Waals surface area contributed by atoms with Gasteiger partial charge in [0, 0.05) is 19.8 Å². The Kier molecular flexibility index (Phi) is 4.01. The lowest BCUT2D eigenvalue weighted by atomic mass is 9.82. The Morgan fingerprint density at radius 3 is 2.38 bits per heavy atom. The molecule has 2 N–H and O–H groups in total. The molecule has 0 saturated heterocycles. The standard InChI is InChI=1S/C17H19N3O4/c1-19-13-8-7-10(9-14(13)20(2)17(19)24)18-15(21)11-5-3-4-6-12(11)16(22)23/h3-4,7-9,11-12H,5-6H2,1-2H3,(H,18,21)(H,22,23)/t11-,12+/m0/s1. The summed E-state index contributed by atoms with van der Waals surface area (Å²) in [6.45, 7) is 0. The smallest absolute Gasteiger partial charge is 0.328 e. The molecule has 2 aromatic rings. The first-order chi connectivity index (χ1) is 11.4. The predicted octanol–water partition coefficient (Wildman–Crippen LogP) is 1.48. The second-order valence-corrected chi connectivity index (χ2v) is 6.09. The Balaban J connectivity index is 1.88. The molecular formula is C17H19N3O4. The number of allylic oxidation sites excluding steroid dienone is 2. The van der Waals surface area contributed by atoms with Crippen LogP contribution in [0, 0.1) is 11.8 Å². The van der Waals surface area contributed by atoms with Crippen LogP contribution in [-0.2, 0) is 23.7 Å². The second kappa shape index (κ2) is 5.99. The summed E-state index contributed by atoms with van der Waals surface area (Å²) in [5.74, 6) is -2.57. The number of amides is 1. The van der Waals surface area contributed by atoms with Crippen LogP contribution in [0.1, 0.15) is 12.8 Å². The molecule has 24 heavy (non-hydrogen) atoms. The Morgan fingerprint density at radius 1 is 1.08 bits per heavy atom. The van der Waals surface area contributed by atoms with Crippen molar-refractivity contribution in [3.8, 4) is 0 Å². The quantitative estimate of drug-likeness (QED) is 0.834. The number of carboxylic acid groups (broad SMARTS) is 1. The third kappa shape index (κ3) is 2.62. The monoisotopic (exact) mass is 329 g/mol. The van der Waals surface area contributed by atoms with Gasteiger partial charge in [0.15, 0.2) is 0 Å². The number of anilines is 1. The number of benzene rings is 1. The van der Waals surface area contributed by atoms with E-state index in [1.165, 1.54) is 9.13 Å². The number of aromatic nitrogens is 2. The van der Waals surface area contributed by atoms with Gasteiger partial charge in [0.2, 0.25) is 5.91 Å². The fraction of sp³-hybridized carbons (Fsp3) is 0.353. The van der Waals surface area contributed by atoms with Crippen molar-refractivity contribution >= 4 is 28.6 Å². The zero-order valence-corrected chi connectivity index (χ0v) is 13.5. The normalized spacial score (nSPS) is 20.2. The molecule has 3 rings (SSSR count). The highest BCUT2D eigenvalue weighted by Crippen LogP contribution is 2.27. The summed E-state index contributed by atoms with van der Waals surface area (Å²) < 4.78 is 3.04. The van der Waals surface area contributed by atoms with Crippen LogP contribution in [0.5, 0.6) is 0 Å². The third-order valence-corrected chi connectivity index (χ3v) is 4.63.